The van der Waals surface area contributed by atoms with Gasteiger partial charge in [0.05, 0.1) is 10.3 Å². The summed E-state index contributed by atoms with van der Waals surface area (Å²) in [7, 11) is 0. The Hall–Kier alpha value is -2.54. The van der Waals surface area contributed by atoms with E-state index in [4.69, 9.17) is 4.74 Å². The van der Waals surface area contributed by atoms with Crippen molar-refractivity contribution in [3.63, 3.8) is 0 Å². The van der Waals surface area contributed by atoms with Gasteiger partial charge in [0.1, 0.15) is 16.9 Å². The van der Waals surface area contributed by atoms with Gasteiger partial charge in [0.2, 0.25) is 5.88 Å². The summed E-state index contributed by atoms with van der Waals surface area (Å²) in [5.41, 5.74) is 0.615. The van der Waals surface area contributed by atoms with Crippen molar-refractivity contribution < 1.29 is 9.66 Å². The van der Waals surface area contributed by atoms with E-state index >= 15 is 0 Å². The molecule has 3 rings (SSSR count). The molecule has 0 saturated carbocycles. The number of nitro groups is 1. The van der Waals surface area contributed by atoms with Crippen LogP contribution in [0.4, 0.5) is 5.69 Å². The first-order chi connectivity index (χ1) is 9.65. The molecule has 6 nitrogen and oxygen atoms in total. The molecule has 2 aromatic heterocycles. The lowest BCUT2D eigenvalue weighted by Gasteiger charge is -2.06. The zero-order chi connectivity index (χ0) is 14.1. The monoisotopic (exact) mass is 287 g/mol. The van der Waals surface area contributed by atoms with Gasteiger partial charge in [0, 0.05) is 11.6 Å². The Balaban J connectivity index is 1.97. The highest BCUT2D eigenvalue weighted by atomic mass is 32.1. The molecule has 7 heteroatoms. The van der Waals surface area contributed by atoms with Gasteiger partial charge in [-0.25, -0.2) is 9.97 Å². The molecule has 0 amide bonds. The third-order valence-corrected chi connectivity index (χ3v) is 3.63. The molecule has 0 saturated heterocycles. The smallest absolute Gasteiger partial charge is 0.272 e. The molecular weight excluding hydrogens is 278 g/mol. The van der Waals surface area contributed by atoms with E-state index in [0.717, 1.165) is 10.2 Å². The number of thiophene rings is 1. The Morgan fingerprint density at radius 2 is 2.15 bits per heavy atom. The highest BCUT2D eigenvalue weighted by molar-refractivity contribution is 7.16. The number of ether oxygens (including phenoxy) is 1. The van der Waals surface area contributed by atoms with Gasteiger partial charge >= 0.3 is 0 Å². The Morgan fingerprint density at radius 3 is 2.90 bits per heavy atom. The molecule has 0 aliphatic rings. The predicted octanol–water partition coefficient (Wildman–Crippen LogP) is 3.70. The molecule has 0 unspecified atom stereocenters. The summed E-state index contributed by atoms with van der Waals surface area (Å²) in [4.78, 5) is 19.4. The van der Waals surface area contributed by atoms with Crippen LogP contribution in [0.5, 0.6) is 11.6 Å². The average Bonchev–Trinajstić information content (AvgIpc) is 2.87. The number of rotatable bonds is 3. The van der Waals surface area contributed by atoms with Crippen LogP contribution in [0.2, 0.25) is 0 Å². The molecule has 2 heterocycles. The van der Waals surface area contributed by atoms with Crippen LogP contribution in [0.15, 0.2) is 36.0 Å². The minimum atomic E-state index is -0.416. The molecule has 0 atom stereocenters. The molecule has 1 aromatic carbocycles. The van der Waals surface area contributed by atoms with E-state index in [1.165, 1.54) is 23.7 Å². The number of nitro benzene ring substituents is 1. The summed E-state index contributed by atoms with van der Waals surface area (Å²) in [5.74, 6) is 0.962. The Kier molecular flexibility index (Phi) is 3.03. The van der Waals surface area contributed by atoms with Crippen LogP contribution in [-0.4, -0.2) is 14.9 Å². The van der Waals surface area contributed by atoms with E-state index in [0.29, 0.717) is 17.2 Å². The number of hydrogen-bond acceptors (Lipinski definition) is 6. The van der Waals surface area contributed by atoms with E-state index in [1.807, 2.05) is 11.4 Å². The molecule has 100 valence electrons. The summed E-state index contributed by atoms with van der Waals surface area (Å²) in [6.07, 6.45) is 1.44. The Labute approximate surface area is 117 Å². The third kappa shape index (κ3) is 2.19. The first-order valence-electron chi connectivity index (χ1n) is 5.76. The van der Waals surface area contributed by atoms with Gasteiger partial charge in [-0.2, -0.15) is 0 Å². The lowest BCUT2D eigenvalue weighted by atomic mass is 10.2. The first kappa shape index (κ1) is 12.5. The minimum Gasteiger partial charge on any atom is -0.438 e. The van der Waals surface area contributed by atoms with Gasteiger partial charge in [-0.3, -0.25) is 10.1 Å². The molecule has 3 aromatic rings. The number of fused-ring (bicyclic) bond motifs is 1. The van der Waals surface area contributed by atoms with Gasteiger partial charge in [-0.05, 0) is 30.5 Å². The zero-order valence-corrected chi connectivity index (χ0v) is 11.3. The highest BCUT2D eigenvalue weighted by Gasteiger charge is 2.12. The van der Waals surface area contributed by atoms with Crippen molar-refractivity contribution in [1.29, 1.82) is 0 Å². The average molecular weight is 287 g/mol. The summed E-state index contributed by atoms with van der Waals surface area (Å²) >= 11 is 1.50. The van der Waals surface area contributed by atoms with Crippen molar-refractivity contribution in [3.8, 4) is 11.6 Å². The van der Waals surface area contributed by atoms with Crippen LogP contribution in [0.1, 0.15) is 5.56 Å². The van der Waals surface area contributed by atoms with E-state index in [-0.39, 0.29) is 5.69 Å². The van der Waals surface area contributed by atoms with E-state index in [1.54, 1.807) is 19.1 Å². The first-order valence-corrected chi connectivity index (χ1v) is 6.64. The topological polar surface area (TPSA) is 78.2 Å². The number of nitrogens with zero attached hydrogens (tertiary/aromatic N) is 3. The fraction of sp³-hybridized carbons (Fsp3) is 0.0769. The number of aryl methyl sites for hydroxylation is 1. The van der Waals surface area contributed by atoms with Crippen LogP contribution < -0.4 is 4.74 Å². The third-order valence-electron chi connectivity index (χ3n) is 2.80. The summed E-state index contributed by atoms with van der Waals surface area (Å²) in [6, 6.07) is 6.49. The van der Waals surface area contributed by atoms with Crippen molar-refractivity contribution in [1.82, 2.24) is 9.97 Å². The zero-order valence-electron chi connectivity index (χ0n) is 10.4. The maximum atomic E-state index is 10.8. The van der Waals surface area contributed by atoms with Gasteiger partial charge in [-0.15, -0.1) is 11.3 Å². The van der Waals surface area contributed by atoms with Gasteiger partial charge in [0.15, 0.2) is 0 Å². The van der Waals surface area contributed by atoms with Gasteiger partial charge < -0.3 is 4.74 Å². The van der Waals surface area contributed by atoms with Crippen LogP contribution in [0.3, 0.4) is 0 Å². The van der Waals surface area contributed by atoms with Gasteiger partial charge in [0.25, 0.3) is 5.69 Å². The van der Waals surface area contributed by atoms with Crippen molar-refractivity contribution in [3.05, 3.63) is 51.7 Å². The number of hydrogen-bond donors (Lipinski definition) is 0. The SMILES string of the molecule is Cc1cc(Oc2ncnc3sccc23)ccc1[N+](=O)[O-]. The van der Waals surface area contributed by atoms with Crippen molar-refractivity contribution in [2.45, 2.75) is 6.92 Å². The lowest BCUT2D eigenvalue weighted by Crippen LogP contribution is -1.93. The quantitative estimate of drug-likeness (QED) is 0.542. The molecular formula is C13H9N3O3S. The van der Waals surface area contributed by atoms with E-state index < -0.39 is 4.92 Å². The van der Waals surface area contributed by atoms with E-state index in [2.05, 4.69) is 9.97 Å². The molecule has 0 aliphatic heterocycles. The maximum absolute atomic E-state index is 10.8. The molecule has 20 heavy (non-hydrogen) atoms. The standard InChI is InChI=1S/C13H9N3O3S/c1-8-6-9(2-3-11(8)16(17)18)19-12-10-4-5-20-13(10)15-7-14-12/h2-7H,1H3. The maximum Gasteiger partial charge on any atom is 0.272 e. The van der Waals surface area contributed by atoms with Crippen LogP contribution in [-0.2, 0) is 0 Å². The lowest BCUT2D eigenvalue weighted by molar-refractivity contribution is -0.385. The fourth-order valence-electron chi connectivity index (χ4n) is 1.86. The number of aromatic nitrogens is 2. The van der Waals surface area contributed by atoms with Crippen molar-refractivity contribution in [2.24, 2.45) is 0 Å². The van der Waals surface area contributed by atoms with Crippen molar-refractivity contribution in [2.75, 3.05) is 0 Å². The van der Waals surface area contributed by atoms with Crippen molar-refractivity contribution >= 4 is 27.2 Å². The Morgan fingerprint density at radius 1 is 1.30 bits per heavy atom. The molecule has 0 fully saturated rings. The van der Waals surface area contributed by atoms with Crippen LogP contribution >= 0.6 is 11.3 Å². The second-order valence-electron chi connectivity index (χ2n) is 4.13. The molecule has 0 bridgehead atoms. The van der Waals surface area contributed by atoms with Gasteiger partial charge in [-0.1, -0.05) is 0 Å². The molecule has 0 N–H and O–H groups in total. The number of benzene rings is 1. The minimum absolute atomic E-state index is 0.0701. The van der Waals surface area contributed by atoms with Crippen LogP contribution in [0.25, 0.3) is 10.2 Å². The summed E-state index contributed by atoms with van der Waals surface area (Å²) in [6.45, 7) is 1.67. The summed E-state index contributed by atoms with van der Waals surface area (Å²) < 4.78 is 5.70. The second-order valence-corrected chi connectivity index (χ2v) is 5.02. The molecule has 0 radical (unpaired) electrons. The molecule has 0 spiro atoms. The molecule has 0 aliphatic carbocycles. The normalized spacial score (nSPS) is 10.7. The summed E-state index contributed by atoms with van der Waals surface area (Å²) in [5, 5.41) is 13.5. The second kappa shape index (κ2) is 4.86. The predicted molar refractivity (Wildman–Crippen MR) is 75.3 cm³/mol. The van der Waals surface area contributed by atoms with Crippen LogP contribution in [0, 0.1) is 17.0 Å². The highest BCUT2D eigenvalue weighted by Crippen LogP contribution is 2.31. The Bertz CT molecular complexity index is 800. The largest absolute Gasteiger partial charge is 0.438 e. The fourth-order valence-corrected chi connectivity index (χ4v) is 2.58. The van der Waals surface area contributed by atoms with E-state index in [9.17, 15) is 10.1 Å².